The van der Waals surface area contributed by atoms with Gasteiger partial charge in [-0.15, -0.1) is 0 Å². The highest BCUT2D eigenvalue weighted by Crippen LogP contribution is 2.30. The van der Waals surface area contributed by atoms with Crippen molar-refractivity contribution in [3.8, 4) is 5.75 Å². The number of rotatable bonds is 4. The first-order valence-electron chi connectivity index (χ1n) is 10.2. The lowest BCUT2D eigenvalue weighted by atomic mass is 10.00. The van der Waals surface area contributed by atoms with E-state index >= 15 is 0 Å². The predicted octanol–water partition coefficient (Wildman–Crippen LogP) is 2.95. The molecule has 0 saturated carbocycles. The number of nitrogens with zero attached hydrogens (tertiary/aromatic N) is 3. The summed E-state index contributed by atoms with van der Waals surface area (Å²) in [6.45, 7) is 6.36. The summed E-state index contributed by atoms with van der Waals surface area (Å²) >= 11 is 0. The molecule has 1 saturated heterocycles. The van der Waals surface area contributed by atoms with E-state index in [0.717, 1.165) is 62.6 Å². The van der Waals surface area contributed by atoms with Crippen LogP contribution in [0.3, 0.4) is 0 Å². The molecule has 0 radical (unpaired) electrons. The van der Waals surface area contributed by atoms with Gasteiger partial charge in [-0.05, 0) is 45.2 Å². The molecule has 0 unspecified atom stereocenters. The molecule has 0 bridgehead atoms. The van der Waals surface area contributed by atoms with Crippen molar-refractivity contribution in [3.63, 3.8) is 0 Å². The molecule has 1 fully saturated rings. The van der Waals surface area contributed by atoms with E-state index in [9.17, 15) is 4.79 Å². The van der Waals surface area contributed by atoms with E-state index in [-0.39, 0.29) is 11.9 Å². The zero-order valence-electron chi connectivity index (χ0n) is 16.6. The molecule has 1 aromatic carbocycles. The van der Waals surface area contributed by atoms with E-state index in [2.05, 4.69) is 10.3 Å². The number of likely N-dealkylation sites (tertiary alicyclic amines) is 1. The number of carbonyl (C=O) groups excluding carboxylic acids is 1. The number of benzene rings is 1. The Morgan fingerprint density at radius 2 is 2.11 bits per heavy atom. The van der Waals surface area contributed by atoms with Gasteiger partial charge in [0.15, 0.2) is 11.9 Å². The van der Waals surface area contributed by atoms with Gasteiger partial charge in [0.25, 0.3) is 5.91 Å². The number of piperidine rings is 1. The first-order chi connectivity index (χ1) is 13.6. The minimum Gasteiger partial charge on any atom is -0.481 e. The van der Waals surface area contributed by atoms with Crippen LogP contribution in [0.5, 0.6) is 5.75 Å². The van der Waals surface area contributed by atoms with Gasteiger partial charge in [0.2, 0.25) is 0 Å². The summed E-state index contributed by atoms with van der Waals surface area (Å²) in [5.74, 6) is 1.50. The third kappa shape index (κ3) is 4.02. The standard InChI is InChI=1S/C22H28N4O2/c1-15-6-8-18(9-7-15)28-16(2)22(27)26-12-4-3-5-20(26)21-24-14-17-13-23-11-10-19(17)25-21/h6-9,14,16,20,23H,3-5,10-13H2,1-2H3/t16-,20+/m0/s1. The monoisotopic (exact) mass is 380 g/mol. The van der Waals surface area contributed by atoms with Crippen molar-refractivity contribution in [2.45, 2.75) is 58.2 Å². The molecule has 0 aliphatic carbocycles. The molecule has 4 rings (SSSR count). The number of fused-ring (bicyclic) bond motifs is 1. The molecular formula is C22H28N4O2. The molecular weight excluding hydrogens is 352 g/mol. The molecule has 2 aromatic rings. The van der Waals surface area contributed by atoms with Crippen molar-refractivity contribution in [2.24, 2.45) is 0 Å². The Balaban J connectivity index is 1.51. The lowest BCUT2D eigenvalue weighted by Crippen LogP contribution is -2.45. The van der Waals surface area contributed by atoms with Crippen molar-refractivity contribution in [1.82, 2.24) is 20.2 Å². The van der Waals surface area contributed by atoms with Gasteiger partial charge in [-0.3, -0.25) is 4.79 Å². The molecule has 6 nitrogen and oxygen atoms in total. The Bertz CT molecular complexity index is 837. The van der Waals surface area contributed by atoms with E-state index in [4.69, 9.17) is 9.72 Å². The lowest BCUT2D eigenvalue weighted by Gasteiger charge is -2.36. The van der Waals surface area contributed by atoms with Crippen LogP contribution in [0.1, 0.15) is 54.9 Å². The van der Waals surface area contributed by atoms with Gasteiger partial charge < -0.3 is 15.0 Å². The van der Waals surface area contributed by atoms with Crippen molar-refractivity contribution in [2.75, 3.05) is 13.1 Å². The van der Waals surface area contributed by atoms with E-state index in [0.29, 0.717) is 0 Å². The van der Waals surface area contributed by atoms with Gasteiger partial charge >= 0.3 is 0 Å². The highest BCUT2D eigenvalue weighted by Gasteiger charge is 2.33. The van der Waals surface area contributed by atoms with Gasteiger partial charge in [-0.1, -0.05) is 17.7 Å². The predicted molar refractivity (Wildman–Crippen MR) is 107 cm³/mol. The van der Waals surface area contributed by atoms with Gasteiger partial charge in [0, 0.05) is 43.5 Å². The molecule has 3 heterocycles. The number of carbonyl (C=O) groups is 1. The Labute approximate surface area is 166 Å². The maximum atomic E-state index is 13.2. The molecule has 2 aliphatic heterocycles. The third-order valence-electron chi connectivity index (χ3n) is 5.59. The number of amides is 1. The number of aryl methyl sites for hydroxylation is 1. The number of nitrogens with one attached hydrogen (secondary N) is 1. The first-order valence-corrected chi connectivity index (χ1v) is 10.2. The summed E-state index contributed by atoms with van der Waals surface area (Å²) in [6, 6.07) is 7.74. The summed E-state index contributed by atoms with van der Waals surface area (Å²) in [6.07, 6.45) is 5.30. The fraction of sp³-hybridized carbons (Fsp3) is 0.500. The molecule has 1 amide bonds. The number of aromatic nitrogens is 2. The van der Waals surface area contributed by atoms with Crippen LogP contribution < -0.4 is 10.1 Å². The van der Waals surface area contributed by atoms with Gasteiger partial charge in [-0.25, -0.2) is 9.97 Å². The molecule has 0 spiro atoms. The maximum Gasteiger partial charge on any atom is 0.263 e. The molecule has 2 aliphatic rings. The second kappa shape index (κ2) is 8.27. The number of hydrogen-bond acceptors (Lipinski definition) is 5. The van der Waals surface area contributed by atoms with Crippen LogP contribution in [0.15, 0.2) is 30.5 Å². The maximum absolute atomic E-state index is 13.2. The minimum absolute atomic E-state index is 0.00765. The van der Waals surface area contributed by atoms with Crippen LogP contribution in [-0.2, 0) is 17.8 Å². The summed E-state index contributed by atoms with van der Waals surface area (Å²) in [5.41, 5.74) is 3.45. The SMILES string of the molecule is Cc1ccc(O[C@@H](C)C(=O)N2CCCC[C@@H]2c2ncc3c(n2)CCNC3)cc1. The molecule has 2 atom stereocenters. The van der Waals surface area contributed by atoms with E-state index in [1.807, 2.05) is 49.2 Å². The van der Waals surface area contributed by atoms with E-state index in [1.54, 1.807) is 0 Å². The summed E-state index contributed by atoms with van der Waals surface area (Å²) in [7, 11) is 0. The first kappa shape index (κ1) is 18.9. The third-order valence-corrected chi connectivity index (χ3v) is 5.59. The van der Waals surface area contributed by atoms with Gasteiger partial charge in [-0.2, -0.15) is 0 Å². The Kier molecular flexibility index (Phi) is 5.57. The topological polar surface area (TPSA) is 67.3 Å². The fourth-order valence-electron chi connectivity index (χ4n) is 3.98. The zero-order valence-corrected chi connectivity index (χ0v) is 16.6. The summed E-state index contributed by atoms with van der Waals surface area (Å²) in [4.78, 5) is 24.6. The van der Waals surface area contributed by atoms with E-state index in [1.165, 1.54) is 11.1 Å². The molecule has 148 valence electrons. The Morgan fingerprint density at radius 3 is 2.93 bits per heavy atom. The molecule has 1 aromatic heterocycles. The zero-order chi connectivity index (χ0) is 19.5. The average molecular weight is 380 g/mol. The molecule has 1 N–H and O–H groups in total. The van der Waals surface area contributed by atoms with Crippen molar-refractivity contribution in [1.29, 1.82) is 0 Å². The highest BCUT2D eigenvalue weighted by molar-refractivity contribution is 5.81. The van der Waals surface area contributed by atoms with Crippen LogP contribution in [0.4, 0.5) is 0 Å². The van der Waals surface area contributed by atoms with Gasteiger partial charge in [0.1, 0.15) is 5.75 Å². The fourth-order valence-corrected chi connectivity index (χ4v) is 3.98. The second-order valence-electron chi connectivity index (χ2n) is 7.74. The average Bonchev–Trinajstić information content (AvgIpc) is 2.74. The number of hydrogen-bond donors (Lipinski definition) is 1. The van der Waals surface area contributed by atoms with Crippen LogP contribution in [0, 0.1) is 6.92 Å². The van der Waals surface area contributed by atoms with E-state index < -0.39 is 6.10 Å². The van der Waals surface area contributed by atoms with Crippen molar-refractivity contribution >= 4 is 5.91 Å². The van der Waals surface area contributed by atoms with Crippen molar-refractivity contribution < 1.29 is 9.53 Å². The lowest BCUT2D eigenvalue weighted by molar-refractivity contribution is -0.142. The van der Waals surface area contributed by atoms with Crippen molar-refractivity contribution in [3.05, 3.63) is 53.1 Å². The minimum atomic E-state index is -0.537. The smallest absolute Gasteiger partial charge is 0.263 e. The van der Waals surface area contributed by atoms with Crippen LogP contribution >= 0.6 is 0 Å². The summed E-state index contributed by atoms with van der Waals surface area (Å²) in [5, 5.41) is 3.35. The second-order valence-corrected chi connectivity index (χ2v) is 7.74. The van der Waals surface area contributed by atoms with Crippen LogP contribution in [0.2, 0.25) is 0 Å². The molecule has 28 heavy (non-hydrogen) atoms. The highest BCUT2D eigenvalue weighted by atomic mass is 16.5. The number of ether oxygens (including phenoxy) is 1. The van der Waals surface area contributed by atoms with Crippen LogP contribution in [-0.4, -0.2) is 40.0 Å². The van der Waals surface area contributed by atoms with Crippen LogP contribution in [0.25, 0.3) is 0 Å². The quantitative estimate of drug-likeness (QED) is 0.883. The molecule has 6 heteroatoms. The Hall–Kier alpha value is -2.47. The Morgan fingerprint density at radius 1 is 1.29 bits per heavy atom. The normalized spacial score (nSPS) is 20.4. The van der Waals surface area contributed by atoms with Gasteiger partial charge in [0.05, 0.1) is 6.04 Å². The largest absolute Gasteiger partial charge is 0.481 e. The summed E-state index contributed by atoms with van der Waals surface area (Å²) < 4.78 is 5.92.